The topological polar surface area (TPSA) is 132 Å². The molecule has 8 heteroatoms. The van der Waals surface area contributed by atoms with Crippen LogP contribution < -0.4 is 5.32 Å². The molecule has 0 spiro atoms. The summed E-state index contributed by atoms with van der Waals surface area (Å²) in [6.07, 6.45) is -6.29. The molecule has 1 saturated heterocycles. The van der Waals surface area contributed by atoms with Gasteiger partial charge in [-0.25, -0.2) is 0 Å². The first-order valence-corrected chi connectivity index (χ1v) is 5.35. The van der Waals surface area contributed by atoms with Crippen molar-refractivity contribution in [3.63, 3.8) is 0 Å². The third-order valence-electron chi connectivity index (χ3n) is 2.52. The Morgan fingerprint density at radius 3 is 2.35 bits per heavy atom. The molecule has 0 amide bonds. The van der Waals surface area contributed by atoms with Gasteiger partial charge in [-0.15, -0.1) is 0 Å². The Hall–Kier alpha value is -0.320. The van der Waals surface area contributed by atoms with Crippen molar-refractivity contribution in [3.05, 3.63) is 0 Å². The maximum absolute atomic E-state index is 9.57. The molecule has 1 aliphatic rings. The molecular formula is C9H19NO7. The summed E-state index contributed by atoms with van der Waals surface area (Å²) < 4.78 is 10.2. The van der Waals surface area contributed by atoms with E-state index in [9.17, 15) is 15.3 Å². The quantitative estimate of drug-likeness (QED) is 0.211. The fraction of sp³-hybridized carbons (Fsp3) is 1.00. The second kappa shape index (κ2) is 7.19. The SMILES string of the molecule is OCNCCO[C@H]1O[C@H](CO)[C@@H](O)[C@H](O)[C@@H]1O. The van der Waals surface area contributed by atoms with Crippen molar-refractivity contribution in [2.45, 2.75) is 30.7 Å². The molecule has 1 rings (SSSR count). The van der Waals surface area contributed by atoms with Crippen LogP contribution in [0.25, 0.3) is 0 Å². The zero-order valence-corrected chi connectivity index (χ0v) is 9.27. The molecular weight excluding hydrogens is 234 g/mol. The summed E-state index contributed by atoms with van der Waals surface area (Å²) in [6.45, 7) is -0.202. The Bertz CT molecular complexity index is 216. The van der Waals surface area contributed by atoms with Crippen LogP contribution in [0.4, 0.5) is 0 Å². The summed E-state index contributed by atoms with van der Waals surface area (Å²) in [4.78, 5) is 0. The van der Waals surface area contributed by atoms with Crippen LogP contribution in [0.15, 0.2) is 0 Å². The van der Waals surface area contributed by atoms with Gasteiger partial charge in [-0.2, -0.15) is 0 Å². The number of nitrogens with one attached hydrogen (secondary N) is 1. The van der Waals surface area contributed by atoms with Gasteiger partial charge >= 0.3 is 0 Å². The van der Waals surface area contributed by atoms with E-state index < -0.39 is 37.3 Å². The first-order valence-electron chi connectivity index (χ1n) is 5.35. The first kappa shape index (κ1) is 14.7. The maximum Gasteiger partial charge on any atom is 0.186 e. The van der Waals surface area contributed by atoms with Gasteiger partial charge in [0, 0.05) is 6.54 Å². The number of ether oxygens (including phenoxy) is 2. The van der Waals surface area contributed by atoms with E-state index in [1.165, 1.54) is 0 Å². The predicted molar refractivity (Wildman–Crippen MR) is 54.8 cm³/mol. The molecule has 102 valence electrons. The first-order chi connectivity index (χ1) is 8.11. The summed E-state index contributed by atoms with van der Waals surface area (Å²) in [5.74, 6) is 0. The van der Waals surface area contributed by atoms with Gasteiger partial charge in [0.05, 0.1) is 19.9 Å². The lowest BCUT2D eigenvalue weighted by molar-refractivity contribution is -0.300. The van der Waals surface area contributed by atoms with Crippen molar-refractivity contribution in [3.8, 4) is 0 Å². The van der Waals surface area contributed by atoms with E-state index in [0.717, 1.165) is 0 Å². The Morgan fingerprint density at radius 1 is 1.06 bits per heavy atom. The Morgan fingerprint density at radius 2 is 1.76 bits per heavy atom. The fourth-order valence-electron chi connectivity index (χ4n) is 1.53. The summed E-state index contributed by atoms with van der Waals surface area (Å²) in [5.41, 5.74) is 0. The van der Waals surface area contributed by atoms with Crippen molar-refractivity contribution in [1.29, 1.82) is 0 Å². The second-order valence-corrected chi connectivity index (χ2v) is 3.73. The Labute approximate surface area is 98.4 Å². The molecule has 8 nitrogen and oxygen atoms in total. The molecule has 6 N–H and O–H groups in total. The van der Waals surface area contributed by atoms with Crippen molar-refractivity contribution in [1.82, 2.24) is 5.32 Å². The largest absolute Gasteiger partial charge is 0.394 e. The Balaban J connectivity index is 2.42. The molecule has 0 aromatic rings. The highest BCUT2D eigenvalue weighted by molar-refractivity contribution is 4.88. The molecule has 0 bridgehead atoms. The third-order valence-corrected chi connectivity index (χ3v) is 2.52. The highest BCUT2D eigenvalue weighted by Gasteiger charge is 2.43. The molecule has 1 fully saturated rings. The van der Waals surface area contributed by atoms with Crippen molar-refractivity contribution >= 4 is 0 Å². The van der Waals surface area contributed by atoms with Gasteiger partial charge in [0.2, 0.25) is 0 Å². The highest BCUT2D eigenvalue weighted by Crippen LogP contribution is 2.21. The monoisotopic (exact) mass is 253 g/mol. The summed E-state index contributed by atoms with van der Waals surface area (Å²) >= 11 is 0. The summed E-state index contributed by atoms with van der Waals surface area (Å²) in [5, 5.41) is 48.5. The minimum absolute atomic E-state index is 0.142. The number of rotatable bonds is 6. The van der Waals surface area contributed by atoms with Crippen LogP contribution in [0.3, 0.4) is 0 Å². The standard InChI is InChI=1S/C9H19NO7/c11-3-5-6(13)7(14)8(15)9(17-5)16-2-1-10-4-12/h5-15H,1-4H2/t5-,6-,7+,8+,9+/m1/s1. The van der Waals surface area contributed by atoms with Crippen LogP contribution in [-0.4, -0.2) is 82.7 Å². The molecule has 0 aliphatic carbocycles. The van der Waals surface area contributed by atoms with E-state index in [1.807, 2.05) is 0 Å². The molecule has 0 saturated carbocycles. The zero-order chi connectivity index (χ0) is 12.8. The second-order valence-electron chi connectivity index (χ2n) is 3.73. The lowest BCUT2D eigenvalue weighted by Crippen LogP contribution is -2.59. The lowest BCUT2D eigenvalue weighted by atomic mass is 9.99. The van der Waals surface area contributed by atoms with E-state index in [0.29, 0.717) is 6.54 Å². The van der Waals surface area contributed by atoms with E-state index in [-0.39, 0.29) is 13.3 Å². The zero-order valence-electron chi connectivity index (χ0n) is 9.27. The predicted octanol–water partition coefficient (Wildman–Crippen LogP) is -3.66. The fourth-order valence-corrected chi connectivity index (χ4v) is 1.53. The Kier molecular flexibility index (Phi) is 6.23. The summed E-state index contributed by atoms with van der Waals surface area (Å²) in [6, 6.07) is 0. The average molecular weight is 253 g/mol. The van der Waals surface area contributed by atoms with Crippen molar-refractivity contribution in [2.75, 3.05) is 26.5 Å². The lowest BCUT2D eigenvalue weighted by Gasteiger charge is -2.39. The molecule has 0 unspecified atom stereocenters. The smallest absolute Gasteiger partial charge is 0.186 e. The van der Waals surface area contributed by atoms with Gasteiger partial charge in [0.15, 0.2) is 6.29 Å². The molecule has 1 heterocycles. The highest BCUT2D eigenvalue weighted by atomic mass is 16.7. The molecule has 1 aliphatic heterocycles. The van der Waals surface area contributed by atoms with Crippen LogP contribution >= 0.6 is 0 Å². The number of aliphatic hydroxyl groups excluding tert-OH is 5. The molecule has 0 aromatic carbocycles. The van der Waals surface area contributed by atoms with E-state index in [4.69, 9.17) is 19.7 Å². The van der Waals surface area contributed by atoms with Crippen LogP contribution in [0, 0.1) is 0 Å². The average Bonchev–Trinajstić information content (AvgIpc) is 2.34. The number of aliphatic hydroxyl groups is 5. The minimum atomic E-state index is -1.43. The minimum Gasteiger partial charge on any atom is -0.394 e. The van der Waals surface area contributed by atoms with Gasteiger partial charge in [-0.1, -0.05) is 0 Å². The van der Waals surface area contributed by atoms with Crippen molar-refractivity contribution < 1.29 is 35.0 Å². The van der Waals surface area contributed by atoms with Gasteiger partial charge in [-0.05, 0) is 0 Å². The van der Waals surface area contributed by atoms with E-state index in [1.54, 1.807) is 0 Å². The molecule has 0 radical (unpaired) electrons. The normalized spacial score (nSPS) is 38.3. The van der Waals surface area contributed by atoms with E-state index >= 15 is 0 Å². The van der Waals surface area contributed by atoms with Crippen LogP contribution in [0.2, 0.25) is 0 Å². The molecule has 17 heavy (non-hydrogen) atoms. The summed E-state index contributed by atoms with van der Waals surface area (Å²) in [7, 11) is 0. The van der Waals surface area contributed by atoms with E-state index in [2.05, 4.69) is 5.32 Å². The van der Waals surface area contributed by atoms with Crippen LogP contribution in [0.5, 0.6) is 0 Å². The van der Waals surface area contributed by atoms with Gasteiger partial charge in [-0.3, -0.25) is 5.32 Å². The van der Waals surface area contributed by atoms with Gasteiger partial charge in [0.25, 0.3) is 0 Å². The van der Waals surface area contributed by atoms with Crippen molar-refractivity contribution in [2.24, 2.45) is 0 Å². The van der Waals surface area contributed by atoms with Gasteiger partial charge < -0.3 is 35.0 Å². The van der Waals surface area contributed by atoms with Crippen LogP contribution in [-0.2, 0) is 9.47 Å². The number of hydrogen-bond donors (Lipinski definition) is 6. The molecule has 5 atom stereocenters. The van der Waals surface area contributed by atoms with Crippen LogP contribution in [0.1, 0.15) is 0 Å². The number of hydrogen-bond acceptors (Lipinski definition) is 8. The molecule has 0 aromatic heterocycles. The van der Waals surface area contributed by atoms with Gasteiger partial charge in [0.1, 0.15) is 24.4 Å². The maximum atomic E-state index is 9.57. The third kappa shape index (κ3) is 3.83.